The molecule has 0 amide bonds. The van der Waals surface area contributed by atoms with Crippen molar-refractivity contribution in [2.45, 2.75) is 37.3 Å². The molecular weight excluding hydrogens is 391 g/mol. The van der Waals surface area contributed by atoms with Gasteiger partial charge in [0.2, 0.25) is 0 Å². The van der Waals surface area contributed by atoms with E-state index in [9.17, 15) is 13.2 Å². The van der Waals surface area contributed by atoms with Crippen molar-refractivity contribution < 1.29 is 22.6 Å². The van der Waals surface area contributed by atoms with Gasteiger partial charge >= 0.3 is 0 Å². The highest BCUT2D eigenvalue weighted by atomic mass is 19.2. The summed E-state index contributed by atoms with van der Waals surface area (Å²) in [5.41, 5.74) is 8.47. The van der Waals surface area contributed by atoms with Crippen molar-refractivity contribution in [1.82, 2.24) is 0 Å². The lowest BCUT2D eigenvalue weighted by atomic mass is 9.83. The summed E-state index contributed by atoms with van der Waals surface area (Å²) in [5, 5.41) is 2.01. The molecule has 1 fully saturated rings. The van der Waals surface area contributed by atoms with Crippen molar-refractivity contribution in [2.75, 3.05) is 13.2 Å². The third-order valence-corrected chi connectivity index (χ3v) is 6.20. The summed E-state index contributed by atoms with van der Waals surface area (Å²) in [7, 11) is 0. The van der Waals surface area contributed by atoms with Gasteiger partial charge in [-0.15, -0.1) is 0 Å². The first-order valence-electron chi connectivity index (χ1n) is 10.2. The van der Waals surface area contributed by atoms with Crippen LogP contribution in [0.5, 0.6) is 5.75 Å². The minimum absolute atomic E-state index is 0.0652. The molecule has 0 aliphatic carbocycles. The summed E-state index contributed by atoms with van der Waals surface area (Å²) in [5.74, 6) is -2.18. The highest BCUT2D eigenvalue weighted by Gasteiger charge is 2.34. The zero-order chi connectivity index (χ0) is 20.8. The van der Waals surface area contributed by atoms with E-state index in [-0.39, 0.29) is 5.56 Å². The average Bonchev–Trinajstić information content (AvgIpc) is 2.76. The second-order valence-electron chi connectivity index (χ2n) is 8.08. The van der Waals surface area contributed by atoms with Crippen molar-refractivity contribution in [3.63, 3.8) is 0 Å². The maximum atomic E-state index is 14.4. The Morgan fingerprint density at radius 1 is 0.833 bits per heavy atom. The predicted molar refractivity (Wildman–Crippen MR) is 108 cm³/mol. The van der Waals surface area contributed by atoms with Crippen LogP contribution in [0.1, 0.15) is 41.6 Å². The third-order valence-electron chi connectivity index (χ3n) is 6.20. The van der Waals surface area contributed by atoms with Crippen LogP contribution in [0.25, 0.3) is 10.8 Å². The van der Waals surface area contributed by atoms with Gasteiger partial charge in [-0.05, 0) is 47.8 Å². The quantitative estimate of drug-likeness (QED) is 0.591. The van der Waals surface area contributed by atoms with Gasteiger partial charge in [0.05, 0.1) is 6.04 Å². The van der Waals surface area contributed by atoms with E-state index in [0.29, 0.717) is 24.2 Å². The Balaban J connectivity index is 1.61. The zero-order valence-electron chi connectivity index (χ0n) is 16.3. The van der Waals surface area contributed by atoms with Crippen molar-refractivity contribution in [1.29, 1.82) is 0 Å². The number of nitrogens with two attached hydrogens (primary N) is 1. The van der Waals surface area contributed by atoms with E-state index in [4.69, 9.17) is 15.2 Å². The van der Waals surface area contributed by atoms with E-state index < -0.39 is 29.6 Å². The number of rotatable bonds is 2. The van der Waals surface area contributed by atoms with Crippen LogP contribution in [0.15, 0.2) is 42.5 Å². The monoisotopic (exact) mass is 413 g/mol. The molecule has 2 N–H and O–H groups in total. The summed E-state index contributed by atoms with van der Waals surface area (Å²) >= 11 is 0. The molecule has 2 atom stereocenters. The molecule has 6 heteroatoms. The first kappa shape index (κ1) is 19.4. The van der Waals surface area contributed by atoms with Gasteiger partial charge < -0.3 is 15.2 Å². The number of fused-ring (bicyclic) bond motifs is 3. The van der Waals surface area contributed by atoms with E-state index in [1.54, 1.807) is 0 Å². The van der Waals surface area contributed by atoms with Crippen LogP contribution in [0.3, 0.4) is 0 Å². The lowest BCUT2D eigenvalue weighted by Crippen LogP contribution is -2.38. The Morgan fingerprint density at radius 3 is 2.30 bits per heavy atom. The van der Waals surface area contributed by atoms with Gasteiger partial charge in [0.25, 0.3) is 0 Å². The maximum absolute atomic E-state index is 14.4. The molecule has 2 aliphatic heterocycles. The predicted octanol–water partition coefficient (Wildman–Crippen LogP) is 5.15. The molecule has 3 nitrogen and oxygen atoms in total. The minimum Gasteiger partial charge on any atom is -0.483 e. The molecule has 0 saturated carbocycles. The molecule has 3 aromatic rings. The zero-order valence-corrected chi connectivity index (χ0v) is 16.3. The van der Waals surface area contributed by atoms with E-state index in [1.165, 1.54) is 5.56 Å². The first-order chi connectivity index (χ1) is 14.5. The maximum Gasteiger partial charge on any atom is 0.161 e. The van der Waals surface area contributed by atoms with Crippen LogP contribution in [0.4, 0.5) is 13.2 Å². The SMILES string of the molecule is N[C@H]1Cc2cc(C3CCOCC3)c3ccccc3c2O[C@@H]1c1cc(F)c(F)cc1F. The van der Waals surface area contributed by atoms with Gasteiger partial charge in [-0.3, -0.25) is 0 Å². The number of hydrogen-bond donors (Lipinski definition) is 1. The van der Waals surface area contributed by atoms with Crippen LogP contribution in [-0.2, 0) is 11.2 Å². The molecule has 156 valence electrons. The first-order valence-corrected chi connectivity index (χ1v) is 10.2. The Hall–Kier alpha value is -2.57. The molecule has 3 aromatic carbocycles. The molecule has 1 saturated heterocycles. The summed E-state index contributed by atoms with van der Waals surface area (Å²) in [6, 6.07) is 10.9. The molecule has 0 bridgehead atoms. The van der Waals surface area contributed by atoms with E-state index in [2.05, 4.69) is 12.1 Å². The van der Waals surface area contributed by atoms with Crippen LogP contribution in [-0.4, -0.2) is 19.3 Å². The Bertz CT molecular complexity index is 1110. The Labute approximate surface area is 172 Å². The smallest absolute Gasteiger partial charge is 0.161 e. The van der Waals surface area contributed by atoms with Crippen molar-refractivity contribution >= 4 is 10.8 Å². The molecule has 0 radical (unpaired) electrons. The number of halogens is 3. The fourth-order valence-corrected chi connectivity index (χ4v) is 4.70. The summed E-state index contributed by atoms with van der Waals surface area (Å²) in [6.07, 6.45) is 1.47. The fourth-order valence-electron chi connectivity index (χ4n) is 4.70. The number of ether oxygens (including phenoxy) is 2. The molecule has 0 unspecified atom stereocenters. The molecule has 2 heterocycles. The summed E-state index contributed by atoms with van der Waals surface area (Å²) in [4.78, 5) is 0. The average molecular weight is 413 g/mol. The standard InChI is InChI=1S/C24H22F3NO2/c25-19-12-21(27)20(26)11-18(19)24-22(28)10-14-9-17(13-5-7-29-8-6-13)15-3-1-2-4-16(15)23(14)30-24/h1-4,9,11-13,22,24H,5-8,10,28H2/t22-,24+/m0/s1. The largest absolute Gasteiger partial charge is 0.483 e. The van der Waals surface area contributed by atoms with E-state index >= 15 is 0 Å². The lowest BCUT2D eigenvalue weighted by molar-refractivity contribution is 0.0855. The highest BCUT2D eigenvalue weighted by Crippen LogP contribution is 2.44. The van der Waals surface area contributed by atoms with Gasteiger partial charge in [-0.25, -0.2) is 13.2 Å². The van der Waals surface area contributed by atoms with E-state index in [0.717, 1.165) is 48.5 Å². The van der Waals surface area contributed by atoms with Gasteiger partial charge in [-0.2, -0.15) is 0 Å². The molecule has 5 rings (SSSR count). The Kier molecular flexibility index (Phi) is 4.91. The topological polar surface area (TPSA) is 44.5 Å². The second-order valence-corrected chi connectivity index (χ2v) is 8.08. The summed E-state index contributed by atoms with van der Waals surface area (Å²) in [6.45, 7) is 1.48. The molecule has 0 aromatic heterocycles. The highest BCUT2D eigenvalue weighted by molar-refractivity contribution is 5.93. The van der Waals surface area contributed by atoms with Crippen LogP contribution in [0.2, 0.25) is 0 Å². The van der Waals surface area contributed by atoms with E-state index in [1.807, 2.05) is 18.2 Å². The third kappa shape index (κ3) is 3.24. The Morgan fingerprint density at radius 2 is 1.53 bits per heavy atom. The lowest BCUT2D eigenvalue weighted by Gasteiger charge is -2.34. The van der Waals surface area contributed by atoms with Crippen molar-refractivity contribution in [3.05, 3.63) is 76.6 Å². The van der Waals surface area contributed by atoms with Crippen molar-refractivity contribution in [2.24, 2.45) is 5.73 Å². The number of benzene rings is 3. The molecule has 0 spiro atoms. The normalized spacial score (nSPS) is 22.0. The molecule has 30 heavy (non-hydrogen) atoms. The molecule has 2 aliphatic rings. The van der Waals surface area contributed by atoms with Gasteiger partial charge in [0.15, 0.2) is 11.6 Å². The van der Waals surface area contributed by atoms with Crippen molar-refractivity contribution in [3.8, 4) is 5.75 Å². The van der Waals surface area contributed by atoms with Gasteiger partial charge in [-0.1, -0.05) is 30.3 Å². The fraction of sp³-hybridized carbons (Fsp3) is 0.333. The molecular formula is C24H22F3NO2. The van der Waals surface area contributed by atoms with Gasteiger partial charge in [0, 0.05) is 30.2 Å². The number of hydrogen-bond acceptors (Lipinski definition) is 3. The summed E-state index contributed by atoms with van der Waals surface area (Å²) < 4.78 is 53.3. The minimum atomic E-state index is -1.23. The van der Waals surface area contributed by atoms with Crippen LogP contribution in [0, 0.1) is 17.5 Å². The van der Waals surface area contributed by atoms with Gasteiger partial charge in [0.1, 0.15) is 17.7 Å². The van der Waals surface area contributed by atoms with Crippen LogP contribution < -0.4 is 10.5 Å². The van der Waals surface area contributed by atoms with Crippen LogP contribution >= 0.6 is 0 Å². The second kappa shape index (κ2) is 7.60.